The zero-order valence-corrected chi connectivity index (χ0v) is 6.61. The van der Waals surface area contributed by atoms with Crippen LogP contribution >= 0.6 is 0 Å². The normalized spacial score (nSPS) is 9.42. The van der Waals surface area contributed by atoms with Gasteiger partial charge in [0.25, 0.3) is 0 Å². The molecule has 0 aromatic carbocycles. The second kappa shape index (κ2) is 3.66. The molecule has 0 radical (unpaired) electrons. The van der Waals surface area contributed by atoms with Gasteiger partial charge in [-0.2, -0.15) is 0 Å². The lowest BCUT2D eigenvalue weighted by Gasteiger charge is -1.99. The summed E-state index contributed by atoms with van der Waals surface area (Å²) in [7, 11) is 0. The Balaban J connectivity index is 3.00. The van der Waals surface area contributed by atoms with Crippen LogP contribution in [0.15, 0.2) is 18.5 Å². The summed E-state index contributed by atoms with van der Waals surface area (Å²) in [6.07, 6.45) is 2.88. The first-order chi connectivity index (χ1) is 5.75. The average Bonchev–Trinajstić information content (AvgIpc) is 2.05. The van der Waals surface area contributed by atoms with Crippen LogP contribution < -0.4 is 9.72 Å². The molecule has 0 bridgehead atoms. The van der Waals surface area contributed by atoms with E-state index in [2.05, 4.69) is 4.98 Å². The standard InChI is InChI=1S/C7H8N2O3/c1-2-12-7-3-4-8-5-6(7)9(10)11/h3-5H,2H2,1H3/p+1. The number of H-pyrrole nitrogens is 1. The highest BCUT2D eigenvalue weighted by Crippen LogP contribution is 2.22. The first-order valence-electron chi connectivity index (χ1n) is 3.53. The maximum Gasteiger partial charge on any atom is 0.373 e. The zero-order valence-electron chi connectivity index (χ0n) is 6.61. The minimum Gasteiger partial charge on any atom is -0.487 e. The lowest BCUT2D eigenvalue weighted by Crippen LogP contribution is -2.05. The van der Waals surface area contributed by atoms with Crippen molar-refractivity contribution < 1.29 is 14.6 Å². The van der Waals surface area contributed by atoms with Crippen LogP contribution in [0.4, 0.5) is 5.69 Å². The van der Waals surface area contributed by atoms with Crippen LogP contribution in [-0.2, 0) is 0 Å². The number of nitrogens with zero attached hydrogens (tertiary/aromatic N) is 1. The third-order valence-electron chi connectivity index (χ3n) is 1.30. The van der Waals surface area contributed by atoms with Crippen molar-refractivity contribution in [1.29, 1.82) is 0 Å². The van der Waals surface area contributed by atoms with E-state index in [9.17, 15) is 10.1 Å². The van der Waals surface area contributed by atoms with Crippen molar-refractivity contribution in [3.05, 3.63) is 28.6 Å². The van der Waals surface area contributed by atoms with Crippen molar-refractivity contribution >= 4 is 5.69 Å². The summed E-state index contributed by atoms with van der Waals surface area (Å²) < 4.78 is 5.04. The number of rotatable bonds is 3. The first kappa shape index (κ1) is 8.45. The molecule has 0 fully saturated rings. The van der Waals surface area contributed by atoms with Crippen LogP contribution in [0, 0.1) is 10.1 Å². The molecule has 12 heavy (non-hydrogen) atoms. The fraction of sp³-hybridized carbons (Fsp3) is 0.286. The van der Waals surface area contributed by atoms with Crippen LogP contribution in [0.1, 0.15) is 6.92 Å². The van der Waals surface area contributed by atoms with Gasteiger partial charge in [0.1, 0.15) is 0 Å². The fourth-order valence-corrected chi connectivity index (χ4v) is 0.828. The summed E-state index contributed by atoms with van der Waals surface area (Å²) in [5, 5.41) is 10.4. The monoisotopic (exact) mass is 169 g/mol. The highest BCUT2D eigenvalue weighted by atomic mass is 16.6. The lowest BCUT2D eigenvalue weighted by molar-refractivity contribution is -0.421. The molecule has 1 aromatic heterocycles. The van der Waals surface area contributed by atoms with Crippen LogP contribution in [0.3, 0.4) is 0 Å². The Morgan fingerprint density at radius 1 is 1.75 bits per heavy atom. The number of aromatic amines is 1. The summed E-state index contributed by atoms with van der Waals surface area (Å²) in [6.45, 7) is 2.20. The van der Waals surface area contributed by atoms with Gasteiger partial charge in [-0.05, 0) is 6.92 Å². The van der Waals surface area contributed by atoms with Gasteiger partial charge in [0.15, 0.2) is 6.20 Å². The molecule has 5 nitrogen and oxygen atoms in total. The van der Waals surface area contributed by atoms with Gasteiger partial charge >= 0.3 is 5.69 Å². The van der Waals surface area contributed by atoms with Gasteiger partial charge in [-0.25, -0.2) is 4.98 Å². The highest BCUT2D eigenvalue weighted by molar-refractivity contribution is 5.41. The van der Waals surface area contributed by atoms with E-state index in [0.717, 1.165) is 0 Å². The summed E-state index contributed by atoms with van der Waals surface area (Å²) in [4.78, 5) is 12.5. The largest absolute Gasteiger partial charge is 0.487 e. The molecule has 1 aromatic rings. The van der Waals surface area contributed by atoms with E-state index in [1.165, 1.54) is 12.3 Å². The Hall–Kier alpha value is -1.65. The smallest absolute Gasteiger partial charge is 0.373 e. The van der Waals surface area contributed by atoms with Gasteiger partial charge in [0, 0.05) is 0 Å². The maximum atomic E-state index is 10.4. The van der Waals surface area contributed by atoms with E-state index >= 15 is 0 Å². The number of ether oxygens (including phenoxy) is 1. The molecular formula is C7H9N2O3+. The van der Waals surface area contributed by atoms with Crippen molar-refractivity contribution in [2.45, 2.75) is 6.92 Å². The molecule has 0 saturated carbocycles. The summed E-state index contributed by atoms with van der Waals surface area (Å²) in [6, 6.07) is 1.53. The molecule has 0 amide bonds. The molecule has 1 heterocycles. The lowest BCUT2D eigenvalue weighted by atomic mass is 10.4. The van der Waals surface area contributed by atoms with Crippen LogP contribution in [0.25, 0.3) is 0 Å². The Bertz CT molecular complexity index is 288. The molecule has 0 unspecified atom stereocenters. The van der Waals surface area contributed by atoms with Gasteiger partial charge in [0.05, 0.1) is 17.6 Å². The van der Waals surface area contributed by atoms with Crippen molar-refractivity contribution in [3.63, 3.8) is 0 Å². The molecule has 0 saturated heterocycles. The van der Waals surface area contributed by atoms with Crippen LogP contribution in [-0.4, -0.2) is 11.5 Å². The zero-order chi connectivity index (χ0) is 8.97. The van der Waals surface area contributed by atoms with Crippen LogP contribution in [0.2, 0.25) is 0 Å². The molecule has 64 valence electrons. The second-order valence-electron chi connectivity index (χ2n) is 2.08. The van der Waals surface area contributed by atoms with Gasteiger partial charge < -0.3 is 4.74 Å². The van der Waals surface area contributed by atoms with Crippen molar-refractivity contribution in [3.8, 4) is 5.75 Å². The van der Waals surface area contributed by atoms with Gasteiger partial charge in [0.2, 0.25) is 11.9 Å². The van der Waals surface area contributed by atoms with Crippen molar-refractivity contribution in [2.24, 2.45) is 0 Å². The molecule has 0 atom stereocenters. The van der Waals surface area contributed by atoms with Crippen LogP contribution in [0.5, 0.6) is 5.75 Å². The fourth-order valence-electron chi connectivity index (χ4n) is 0.828. The Morgan fingerprint density at radius 2 is 2.50 bits per heavy atom. The third kappa shape index (κ3) is 1.69. The highest BCUT2D eigenvalue weighted by Gasteiger charge is 2.16. The maximum absolute atomic E-state index is 10.4. The van der Waals surface area contributed by atoms with Crippen molar-refractivity contribution in [1.82, 2.24) is 0 Å². The molecule has 0 aliphatic heterocycles. The van der Waals surface area contributed by atoms with Gasteiger partial charge in [-0.1, -0.05) is 0 Å². The van der Waals surface area contributed by atoms with Gasteiger partial charge in [-0.15, -0.1) is 0 Å². The SMILES string of the molecule is CCOc1cc[nH+]cc1[N+](=O)[O-]. The average molecular weight is 169 g/mol. The summed E-state index contributed by atoms with van der Waals surface area (Å²) in [5.41, 5.74) is -0.0423. The predicted molar refractivity (Wildman–Crippen MR) is 40.8 cm³/mol. The number of nitro groups is 1. The van der Waals surface area contributed by atoms with E-state index in [-0.39, 0.29) is 5.69 Å². The Labute approximate surface area is 69.1 Å². The minimum absolute atomic E-state index is 0.0423. The molecule has 0 aliphatic rings. The summed E-state index contributed by atoms with van der Waals surface area (Å²) in [5.74, 6) is 0.293. The van der Waals surface area contributed by atoms with E-state index in [4.69, 9.17) is 4.74 Å². The number of hydrogen-bond donors (Lipinski definition) is 0. The number of hydrogen-bond acceptors (Lipinski definition) is 3. The summed E-state index contributed by atoms with van der Waals surface area (Å²) >= 11 is 0. The molecule has 1 N–H and O–H groups in total. The number of aromatic nitrogens is 1. The van der Waals surface area contributed by atoms with E-state index in [0.29, 0.717) is 12.4 Å². The number of nitrogens with one attached hydrogen (secondary N) is 1. The minimum atomic E-state index is -0.485. The molecule has 0 spiro atoms. The molecule has 0 aliphatic carbocycles. The molecule has 5 heteroatoms. The van der Waals surface area contributed by atoms with E-state index in [1.807, 2.05) is 0 Å². The molecular weight excluding hydrogens is 160 g/mol. The Kier molecular flexibility index (Phi) is 2.57. The van der Waals surface area contributed by atoms with Gasteiger partial charge in [-0.3, -0.25) is 10.1 Å². The number of pyridine rings is 1. The Morgan fingerprint density at radius 3 is 3.08 bits per heavy atom. The van der Waals surface area contributed by atoms with E-state index in [1.54, 1.807) is 13.1 Å². The second-order valence-corrected chi connectivity index (χ2v) is 2.08. The third-order valence-corrected chi connectivity index (χ3v) is 1.30. The van der Waals surface area contributed by atoms with E-state index < -0.39 is 4.92 Å². The topological polar surface area (TPSA) is 66.5 Å². The first-order valence-corrected chi connectivity index (χ1v) is 3.53. The molecule has 1 rings (SSSR count). The predicted octanol–water partition coefficient (Wildman–Crippen LogP) is 0.808. The quantitative estimate of drug-likeness (QED) is 0.496. The van der Waals surface area contributed by atoms with Crippen molar-refractivity contribution in [2.75, 3.05) is 6.61 Å².